The summed E-state index contributed by atoms with van der Waals surface area (Å²) >= 11 is 0. The van der Waals surface area contributed by atoms with Gasteiger partial charge in [-0.25, -0.2) is 4.79 Å². The van der Waals surface area contributed by atoms with Crippen molar-refractivity contribution in [3.05, 3.63) is 35.9 Å². The summed E-state index contributed by atoms with van der Waals surface area (Å²) in [5.41, 5.74) is 0.993. The van der Waals surface area contributed by atoms with Crippen LogP contribution in [0.5, 0.6) is 0 Å². The molecule has 22 heavy (non-hydrogen) atoms. The molecule has 0 saturated carbocycles. The molecule has 1 fully saturated rings. The predicted octanol–water partition coefficient (Wildman–Crippen LogP) is 2.00. The molecule has 0 aromatic heterocycles. The van der Waals surface area contributed by atoms with Crippen molar-refractivity contribution in [2.24, 2.45) is 5.92 Å². The van der Waals surface area contributed by atoms with E-state index >= 15 is 0 Å². The number of hydrogen-bond donors (Lipinski definition) is 2. The Bertz CT molecular complexity index is 458. The number of aliphatic hydroxyl groups excluding tert-OH is 1. The molecule has 1 aliphatic rings. The number of rotatable bonds is 7. The van der Waals surface area contributed by atoms with Crippen LogP contribution in [-0.4, -0.2) is 47.9 Å². The summed E-state index contributed by atoms with van der Waals surface area (Å²) in [6.07, 6.45) is 0.461. The summed E-state index contributed by atoms with van der Waals surface area (Å²) < 4.78 is 5.32. The fourth-order valence-electron chi connectivity index (χ4n) is 2.75. The van der Waals surface area contributed by atoms with Crippen molar-refractivity contribution >= 4 is 6.09 Å². The number of aliphatic hydroxyl groups is 1. The number of carbonyl (C=O) groups excluding carboxylic acids is 1. The topological polar surface area (TPSA) is 61.8 Å². The van der Waals surface area contributed by atoms with Gasteiger partial charge >= 0.3 is 6.09 Å². The second kappa shape index (κ2) is 8.15. The van der Waals surface area contributed by atoms with Crippen molar-refractivity contribution in [1.29, 1.82) is 0 Å². The minimum atomic E-state index is -0.257. The molecule has 2 N–H and O–H groups in total. The van der Waals surface area contributed by atoms with Crippen LogP contribution in [0.2, 0.25) is 0 Å². The second-order valence-corrected chi connectivity index (χ2v) is 6.15. The van der Waals surface area contributed by atoms with Gasteiger partial charge < -0.3 is 20.1 Å². The molecule has 1 aliphatic heterocycles. The molecule has 1 saturated heterocycles. The van der Waals surface area contributed by atoms with Gasteiger partial charge in [0.2, 0.25) is 0 Å². The number of benzene rings is 1. The Balaban J connectivity index is 1.73. The molecule has 1 aromatic carbocycles. The molecule has 1 atom stereocenters. The number of carbonyl (C=O) groups is 1. The minimum absolute atomic E-state index is 0.166. The molecule has 0 unspecified atom stereocenters. The van der Waals surface area contributed by atoms with Crippen LogP contribution in [0, 0.1) is 5.92 Å². The first-order chi connectivity index (χ1) is 10.6. The monoisotopic (exact) mass is 306 g/mol. The van der Waals surface area contributed by atoms with Crippen molar-refractivity contribution < 1.29 is 14.6 Å². The quantitative estimate of drug-likeness (QED) is 0.809. The smallest absolute Gasteiger partial charge is 0.410 e. The summed E-state index contributed by atoms with van der Waals surface area (Å²) in [6, 6.07) is 10.3. The number of hydrogen-bond acceptors (Lipinski definition) is 4. The first-order valence-electron chi connectivity index (χ1n) is 7.92. The van der Waals surface area contributed by atoms with E-state index in [0.29, 0.717) is 31.7 Å². The highest BCUT2D eigenvalue weighted by atomic mass is 16.6. The number of nitrogens with zero attached hydrogens (tertiary/aromatic N) is 1. The molecule has 5 nitrogen and oxygen atoms in total. The van der Waals surface area contributed by atoms with Crippen molar-refractivity contribution in [2.45, 2.75) is 39.0 Å². The van der Waals surface area contributed by atoms with E-state index in [9.17, 15) is 4.79 Å². The second-order valence-electron chi connectivity index (χ2n) is 6.15. The summed E-state index contributed by atoms with van der Waals surface area (Å²) in [6.45, 7) is 6.05. The first kappa shape index (κ1) is 16.8. The summed E-state index contributed by atoms with van der Waals surface area (Å²) in [7, 11) is 0. The lowest BCUT2D eigenvalue weighted by molar-refractivity contribution is 0.0330. The third kappa shape index (κ3) is 4.71. The van der Waals surface area contributed by atoms with Crippen LogP contribution >= 0.6 is 0 Å². The minimum Gasteiger partial charge on any atom is -0.445 e. The van der Waals surface area contributed by atoms with E-state index in [1.165, 1.54) is 0 Å². The fraction of sp³-hybridized carbons (Fsp3) is 0.588. The largest absolute Gasteiger partial charge is 0.445 e. The van der Waals surface area contributed by atoms with Crippen LogP contribution < -0.4 is 5.32 Å². The third-order valence-corrected chi connectivity index (χ3v) is 3.93. The SMILES string of the molecule is CC(C)N[C@H](CCO)C1CN(C(=O)OCc2ccccc2)C1. The van der Waals surface area contributed by atoms with E-state index in [0.717, 1.165) is 12.0 Å². The van der Waals surface area contributed by atoms with Gasteiger partial charge in [0.05, 0.1) is 0 Å². The van der Waals surface area contributed by atoms with E-state index in [-0.39, 0.29) is 18.7 Å². The molecule has 0 aliphatic carbocycles. The lowest BCUT2D eigenvalue weighted by Crippen LogP contribution is -2.58. The van der Waals surface area contributed by atoms with E-state index in [4.69, 9.17) is 9.84 Å². The number of nitrogens with one attached hydrogen (secondary N) is 1. The maximum Gasteiger partial charge on any atom is 0.410 e. The Labute approximate surface area is 132 Å². The van der Waals surface area contributed by atoms with Gasteiger partial charge in [-0.2, -0.15) is 0 Å². The zero-order chi connectivity index (χ0) is 15.9. The number of ether oxygens (including phenoxy) is 1. The Morgan fingerprint density at radius 2 is 2.05 bits per heavy atom. The molecule has 0 bridgehead atoms. The zero-order valence-electron chi connectivity index (χ0n) is 13.4. The molecule has 1 heterocycles. The lowest BCUT2D eigenvalue weighted by atomic mass is 9.89. The van der Waals surface area contributed by atoms with Crippen molar-refractivity contribution in [2.75, 3.05) is 19.7 Å². The van der Waals surface area contributed by atoms with Crippen LogP contribution in [0.25, 0.3) is 0 Å². The van der Waals surface area contributed by atoms with E-state index in [1.807, 2.05) is 30.3 Å². The Morgan fingerprint density at radius 3 is 2.64 bits per heavy atom. The number of likely N-dealkylation sites (tertiary alicyclic amines) is 1. The van der Waals surface area contributed by atoms with Gasteiger partial charge in [-0.3, -0.25) is 0 Å². The Morgan fingerprint density at radius 1 is 1.36 bits per heavy atom. The summed E-state index contributed by atoms with van der Waals surface area (Å²) in [4.78, 5) is 13.7. The van der Waals surface area contributed by atoms with Gasteiger partial charge in [-0.15, -0.1) is 0 Å². The van der Waals surface area contributed by atoms with Gasteiger partial charge in [0.25, 0.3) is 0 Å². The van der Waals surface area contributed by atoms with Gasteiger partial charge in [-0.1, -0.05) is 44.2 Å². The molecule has 0 spiro atoms. The molecule has 122 valence electrons. The van der Waals surface area contributed by atoms with Crippen LogP contribution in [0.3, 0.4) is 0 Å². The molecule has 2 rings (SSSR count). The highest BCUT2D eigenvalue weighted by molar-refractivity contribution is 5.68. The van der Waals surface area contributed by atoms with Crippen molar-refractivity contribution in [1.82, 2.24) is 10.2 Å². The average Bonchev–Trinajstić information content (AvgIpc) is 2.44. The van der Waals surface area contributed by atoms with E-state index in [1.54, 1.807) is 4.90 Å². The maximum atomic E-state index is 12.0. The predicted molar refractivity (Wildman–Crippen MR) is 85.5 cm³/mol. The standard InChI is InChI=1S/C17H26N2O3/c1-13(2)18-16(8-9-20)15-10-19(11-15)17(21)22-12-14-6-4-3-5-7-14/h3-7,13,15-16,18,20H,8-12H2,1-2H3/t16-/m1/s1. The van der Waals surface area contributed by atoms with Gasteiger partial charge in [-0.05, 0) is 12.0 Å². The van der Waals surface area contributed by atoms with Gasteiger partial charge in [0, 0.05) is 37.7 Å². The molecule has 0 radical (unpaired) electrons. The highest BCUT2D eigenvalue weighted by Crippen LogP contribution is 2.22. The molecule has 1 aromatic rings. The van der Waals surface area contributed by atoms with Crippen LogP contribution in [0.1, 0.15) is 25.8 Å². The average molecular weight is 306 g/mol. The van der Waals surface area contributed by atoms with Crippen LogP contribution in [-0.2, 0) is 11.3 Å². The lowest BCUT2D eigenvalue weighted by Gasteiger charge is -2.43. The summed E-state index contributed by atoms with van der Waals surface area (Å²) in [5.74, 6) is 0.388. The van der Waals surface area contributed by atoms with Crippen LogP contribution in [0.4, 0.5) is 4.79 Å². The maximum absolute atomic E-state index is 12.0. The fourth-order valence-corrected chi connectivity index (χ4v) is 2.75. The van der Waals surface area contributed by atoms with E-state index < -0.39 is 0 Å². The molecule has 1 amide bonds. The zero-order valence-corrected chi connectivity index (χ0v) is 13.4. The van der Waals surface area contributed by atoms with Gasteiger partial charge in [0.1, 0.15) is 6.61 Å². The Hall–Kier alpha value is -1.59. The molecule has 5 heteroatoms. The third-order valence-electron chi connectivity index (χ3n) is 3.93. The van der Waals surface area contributed by atoms with Crippen molar-refractivity contribution in [3.63, 3.8) is 0 Å². The number of amides is 1. The highest BCUT2D eigenvalue weighted by Gasteiger charge is 2.36. The van der Waals surface area contributed by atoms with Gasteiger partial charge in [0.15, 0.2) is 0 Å². The molecular formula is C17H26N2O3. The first-order valence-corrected chi connectivity index (χ1v) is 7.92. The van der Waals surface area contributed by atoms with Crippen molar-refractivity contribution in [3.8, 4) is 0 Å². The van der Waals surface area contributed by atoms with E-state index in [2.05, 4.69) is 19.2 Å². The molecular weight excluding hydrogens is 280 g/mol. The normalized spacial score (nSPS) is 16.5. The Kier molecular flexibility index (Phi) is 6.21. The van der Waals surface area contributed by atoms with Crippen LogP contribution in [0.15, 0.2) is 30.3 Å². The summed E-state index contributed by atoms with van der Waals surface area (Å²) in [5, 5.41) is 12.6.